The topological polar surface area (TPSA) is 58.1 Å². The van der Waals surface area contributed by atoms with Gasteiger partial charge in [-0.15, -0.1) is 0 Å². The molecule has 3 heterocycles. The van der Waals surface area contributed by atoms with E-state index >= 15 is 0 Å². The lowest BCUT2D eigenvalue weighted by Gasteiger charge is -2.25. The molecule has 3 rings (SSSR count). The minimum absolute atomic E-state index is 0.148. The fraction of sp³-hybridized carbons (Fsp3) is 0.353. The summed E-state index contributed by atoms with van der Waals surface area (Å²) in [6, 6.07) is 6.05. The molecule has 0 atom stereocenters. The number of amides is 1. The minimum atomic E-state index is 0.148. The number of anilines is 1. The van der Waals surface area contributed by atoms with Gasteiger partial charge in [0, 0.05) is 50.1 Å². The van der Waals surface area contributed by atoms with E-state index in [2.05, 4.69) is 22.7 Å². The predicted octanol–water partition coefficient (Wildman–Crippen LogP) is 2.81. The molecule has 0 aliphatic carbocycles. The Hall–Kier alpha value is -1.92. The van der Waals surface area contributed by atoms with Crippen molar-refractivity contribution >= 4 is 23.5 Å². The molecule has 1 aliphatic heterocycles. The molecule has 120 valence electrons. The van der Waals surface area contributed by atoms with Crippen molar-refractivity contribution in [1.29, 1.82) is 0 Å². The Morgan fingerprint density at radius 3 is 3.00 bits per heavy atom. The predicted molar refractivity (Wildman–Crippen MR) is 94.2 cm³/mol. The number of carbonyl (C=O) groups is 1. The van der Waals surface area contributed by atoms with Crippen LogP contribution in [0.25, 0.3) is 11.3 Å². The van der Waals surface area contributed by atoms with E-state index in [1.807, 2.05) is 24.5 Å². The maximum atomic E-state index is 11.8. The molecule has 0 radical (unpaired) electrons. The van der Waals surface area contributed by atoms with Crippen LogP contribution in [-0.2, 0) is 17.8 Å². The monoisotopic (exact) mass is 328 g/mol. The molecule has 0 unspecified atom stereocenters. The van der Waals surface area contributed by atoms with Crippen LogP contribution in [0.1, 0.15) is 24.6 Å². The zero-order valence-corrected chi connectivity index (χ0v) is 14.2. The van der Waals surface area contributed by atoms with Crippen molar-refractivity contribution in [1.82, 2.24) is 14.7 Å². The molecule has 2 aromatic rings. The highest BCUT2D eigenvalue weighted by Gasteiger charge is 2.22. The van der Waals surface area contributed by atoms with Crippen LogP contribution in [0.15, 0.2) is 30.6 Å². The first-order valence-electron chi connectivity index (χ1n) is 7.74. The van der Waals surface area contributed by atoms with Crippen molar-refractivity contribution in [3.05, 3.63) is 41.9 Å². The van der Waals surface area contributed by atoms with Crippen LogP contribution >= 0.6 is 11.9 Å². The maximum Gasteiger partial charge on any atom is 0.227 e. The molecular formula is C17H20N4OS. The first-order chi connectivity index (χ1) is 11.2. The Labute approximate surface area is 140 Å². The largest absolute Gasteiger partial charge is 0.314 e. The number of hydrogen-bond donors (Lipinski definition) is 1. The lowest BCUT2D eigenvalue weighted by molar-refractivity contribution is -0.118. The fourth-order valence-electron chi connectivity index (χ4n) is 2.63. The summed E-state index contributed by atoms with van der Waals surface area (Å²) in [5, 5.41) is 0. The van der Waals surface area contributed by atoms with Gasteiger partial charge in [-0.1, -0.05) is 18.9 Å². The van der Waals surface area contributed by atoms with Crippen LogP contribution < -0.4 is 9.62 Å². The van der Waals surface area contributed by atoms with Gasteiger partial charge in [-0.2, -0.15) is 0 Å². The Morgan fingerprint density at radius 2 is 2.17 bits per heavy atom. The van der Waals surface area contributed by atoms with Gasteiger partial charge >= 0.3 is 0 Å². The van der Waals surface area contributed by atoms with Gasteiger partial charge in [0.15, 0.2) is 0 Å². The Morgan fingerprint density at radius 1 is 1.30 bits per heavy atom. The molecule has 1 aliphatic rings. The number of nitrogens with zero attached hydrogens (tertiary/aromatic N) is 3. The van der Waals surface area contributed by atoms with E-state index < -0.39 is 0 Å². The van der Waals surface area contributed by atoms with Crippen molar-refractivity contribution in [3.63, 3.8) is 0 Å². The number of pyridine rings is 2. The second kappa shape index (κ2) is 7.10. The first kappa shape index (κ1) is 16.0. The summed E-state index contributed by atoms with van der Waals surface area (Å²) in [6.07, 6.45) is 4.94. The summed E-state index contributed by atoms with van der Waals surface area (Å²) in [6.45, 7) is 2.90. The number of nitrogens with one attached hydrogen (secondary N) is 1. The number of fused-ring (bicyclic) bond motifs is 1. The molecule has 1 amide bonds. The van der Waals surface area contributed by atoms with Gasteiger partial charge in [-0.3, -0.25) is 19.5 Å². The molecular weight excluding hydrogens is 308 g/mol. The quantitative estimate of drug-likeness (QED) is 0.675. The lowest BCUT2D eigenvalue weighted by Crippen LogP contribution is -2.31. The minimum Gasteiger partial charge on any atom is -0.314 e. The number of rotatable bonds is 5. The first-order valence-corrected chi connectivity index (χ1v) is 8.73. The molecule has 0 bridgehead atoms. The van der Waals surface area contributed by atoms with Gasteiger partial charge in [0.1, 0.15) is 0 Å². The van der Waals surface area contributed by atoms with Gasteiger partial charge in [-0.25, -0.2) is 0 Å². The summed E-state index contributed by atoms with van der Waals surface area (Å²) in [5.74, 6) is 1.18. The number of carbonyl (C=O) groups excluding carboxylic acids is 1. The maximum absolute atomic E-state index is 11.8. The third-order valence-corrected chi connectivity index (χ3v) is 4.51. The van der Waals surface area contributed by atoms with Crippen molar-refractivity contribution in [3.8, 4) is 11.3 Å². The SMILES string of the molecule is CCSNCc1cncc(-c2ccc3c(n2)CCC(=O)N3C)c1. The summed E-state index contributed by atoms with van der Waals surface area (Å²) < 4.78 is 3.30. The lowest BCUT2D eigenvalue weighted by atomic mass is 10.0. The molecule has 5 nitrogen and oxygen atoms in total. The van der Waals surface area contributed by atoms with Gasteiger partial charge in [0.05, 0.1) is 17.1 Å². The van der Waals surface area contributed by atoms with Crippen LogP contribution in [0.3, 0.4) is 0 Å². The summed E-state index contributed by atoms with van der Waals surface area (Å²) in [5.41, 5.74) is 4.94. The smallest absolute Gasteiger partial charge is 0.227 e. The van der Waals surface area contributed by atoms with Crippen LogP contribution in [0.5, 0.6) is 0 Å². The molecule has 6 heteroatoms. The highest BCUT2D eigenvalue weighted by atomic mass is 32.2. The van der Waals surface area contributed by atoms with E-state index in [-0.39, 0.29) is 5.91 Å². The normalized spacial score (nSPS) is 14.0. The molecule has 0 spiro atoms. The van der Waals surface area contributed by atoms with Gasteiger partial charge in [0.25, 0.3) is 0 Å². The fourth-order valence-corrected chi connectivity index (χ4v) is 3.11. The summed E-state index contributed by atoms with van der Waals surface area (Å²) in [7, 11) is 1.81. The van der Waals surface area contributed by atoms with Crippen LogP contribution in [0.4, 0.5) is 5.69 Å². The molecule has 23 heavy (non-hydrogen) atoms. The number of aryl methyl sites for hydroxylation is 1. The second-order valence-corrected chi connectivity index (χ2v) is 6.61. The van der Waals surface area contributed by atoms with Crippen molar-refractivity contribution in [2.45, 2.75) is 26.3 Å². The zero-order chi connectivity index (χ0) is 16.2. The van der Waals surface area contributed by atoms with Crippen LogP contribution in [0.2, 0.25) is 0 Å². The Kier molecular flexibility index (Phi) is 4.93. The average Bonchev–Trinajstić information content (AvgIpc) is 2.58. The van der Waals surface area contributed by atoms with Crippen molar-refractivity contribution in [2.75, 3.05) is 17.7 Å². The standard InChI is InChI=1S/C17H20N4OS/c1-3-23-19-10-12-8-13(11-18-9-12)14-4-6-16-15(20-14)5-7-17(22)21(16)2/h4,6,8-9,11,19H,3,5,7,10H2,1-2H3. The van der Waals surface area contributed by atoms with E-state index in [0.29, 0.717) is 12.8 Å². The molecule has 2 aromatic heterocycles. The summed E-state index contributed by atoms with van der Waals surface area (Å²) in [4.78, 5) is 22.5. The van der Waals surface area contributed by atoms with Crippen molar-refractivity contribution in [2.24, 2.45) is 0 Å². The van der Waals surface area contributed by atoms with Gasteiger partial charge < -0.3 is 4.90 Å². The van der Waals surface area contributed by atoms with E-state index in [1.54, 1.807) is 23.9 Å². The highest BCUT2D eigenvalue weighted by molar-refractivity contribution is 7.97. The van der Waals surface area contributed by atoms with Gasteiger partial charge in [-0.05, 0) is 23.8 Å². The second-order valence-electron chi connectivity index (χ2n) is 5.45. The number of hydrogen-bond acceptors (Lipinski definition) is 5. The van der Waals surface area contributed by atoms with E-state index in [4.69, 9.17) is 4.98 Å². The average molecular weight is 328 g/mol. The third-order valence-electron chi connectivity index (χ3n) is 3.87. The Balaban J connectivity index is 1.85. The molecule has 0 fully saturated rings. The van der Waals surface area contributed by atoms with E-state index in [9.17, 15) is 4.79 Å². The summed E-state index contributed by atoms with van der Waals surface area (Å²) >= 11 is 1.69. The molecule has 0 aromatic carbocycles. The Bertz CT molecular complexity index is 719. The van der Waals surface area contributed by atoms with Crippen molar-refractivity contribution < 1.29 is 4.79 Å². The number of aromatic nitrogens is 2. The third kappa shape index (κ3) is 3.54. The van der Waals surface area contributed by atoms with Crippen LogP contribution in [0, 0.1) is 0 Å². The van der Waals surface area contributed by atoms with Gasteiger partial charge in [0.2, 0.25) is 5.91 Å². The molecule has 1 N–H and O–H groups in total. The van der Waals surface area contributed by atoms with E-state index in [0.717, 1.165) is 40.5 Å². The zero-order valence-electron chi connectivity index (χ0n) is 13.4. The van der Waals surface area contributed by atoms with Crippen LogP contribution in [-0.4, -0.2) is 28.7 Å². The molecule has 0 saturated carbocycles. The highest BCUT2D eigenvalue weighted by Crippen LogP contribution is 2.28. The van der Waals surface area contributed by atoms with E-state index in [1.165, 1.54) is 0 Å². The molecule has 0 saturated heterocycles.